The average molecular weight is 365 g/mol. The number of nitrogens with one attached hydrogen (secondary N) is 1. The molecular weight excluding hydrogens is 343 g/mol. The molecule has 26 heavy (non-hydrogen) atoms. The van der Waals surface area contributed by atoms with Gasteiger partial charge in [-0.3, -0.25) is 4.79 Å². The van der Waals surface area contributed by atoms with Gasteiger partial charge in [-0.15, -0.1) is 0 Å². The zero-order chi connectivity index (χ0) is 19.2. The molecule has 3 nitrogen and oxygen atoms in total. The Balaban J connectivity index is 2.15. The number of hydrogen-bond donors (Lipinski definition) is 2. The fourth-order valence-electron chi connectivity index (χ4n) is 2.68. The Labute approximate surface area is 150 Å². The molecule has 2 N–H and O–H groups in total. The van der Waals surface area contributed by atoms with Crippen molar-refractivity contribution in [1.82, 2.24) is 5.32 Å². The van der Waals surface area contributed by atoms with Gasteiger partial charge in [-0.1, -0.05) is 50.1 Å². The van der Waals surface area contributed by atoms with Crippen molar-refractivity contribution in [2.24, 2.45) is 0 Å². The van der Waals surface area contributed by atoms with Gasteiger partial charge in [0.25, 0.3) is 5.91 Å². The zero-order valence-corrected chi connectivity index (χ0v) is 14.5. The van der Waals surface area contributed by atoms with Crippen molar-refractivity contribution in [1.29, 1.82) is 0 Å². The van der Waals surface area contributed by atoms with Gasteiger partial charge < -0.3 is 10.4 Å². The molecule has 0 unspecified atom stereocenters. The molecule has 1 amide bonds. The van der Waals surface area contributed by atoms with E-state index in [0.29, 0.717) is 17.5 Å². The fourth-order valence-corrected chi connectivity index (χ4v) is 2.68. The lowest BCUT2D eigenvalue weighted by atomic mass is 9.96. The maximum absolute atomic E-state index is 12.7. The Kier molecular flexibility index (Phi) is 6.80. The summed E-state index contributed by atoms with van der Waals surface area (Å²) < 4.78 is 38.1. The SMILES string of the molecule is CCCC[C@H](NC(=O)c1ccccc1)[C@H](O)c1ccc(C(F)(F)F)cc1. The third-order valence-electron chi connectivity index (χ3n) is 4.18. The molecule has 0 bridgehead atoms. The van der Waals surface area contributed by atoms with E-state index in [2.05, 4.69) is 5.32 Å². The lowest BCUT2D eigenvalue weighted by Crippen LogP contribution is -2.39. The van der Waals surface area contributed by atoms with E-state index in [1.54, 1.807) is 30.3 Å². The van der Waals surface area contributed by atoms with Gasteiger partial charge in [-0.2, -0.15) is 13.2 Å². The first kappa shape index (κ1) is 20.0. The highest BCUT2D eigenvalue weighted by Crippen LogP contribution is 2.30. The molecule has 2 aromatic carbocycles. The number of aliphatic hydroxyl groups excluding tert-OH is 1. The molecule has 140 valence electrons. The van der Waals surface area contributed by atoms with Crippen molar-refractivity contribution in [3.63, 3.8) is 0 Å². The smallest absolute Gasteiger partial charge is 0.386 e. The summed E-state index contributed by atoms with van der Waals surface area (Å²) in [6, 6.07) is 12.4. The first-order chi connectivity index (χ1) is 12.3. The number of halogens is 3. The second kappa shape index (κ2) is 8.85. The highest BCUT2D eigenvalue weighted by molar-refractivity contribution is 5.94. The van der Waals surface area contributed by atoms with Gasteiger partial charge in [-0.25, -0.2) is 0 Å². The zero-order valence-electron chi connectivity index (χ0n) is 14.5. The average Bonchev–Trinajstić information content (AvgIpc) is 2.64. The molecule has 0 saturated carbocycles. The number of alkyl halides is 3. The van der Waals surface area contributed by atoms with E-state index in [0.717, 1.165) is 25.0 Å². The first-order valence-electron chi connectivity index (χ1n) is 8.54. The summed E-state index contributed by atoms with van der Waals surface area (Å²) in [6.07, 6.45) is -3.34. The summed E-state index contributed by atoms with van der Waals surface area (Å²) in [4.78, 5) is 12.4. The predicted molar refractivity (Wildman–Crippen MR) is 93.6 cm³/mol. The minimum absolute atomic E-state index is 0.322. The second-order valence-electron chi connectivity index (χ2n) is 6.15. The van der Waals surface area contributed by atoms with Crippen LogP contribution in [0.3, 0.4) is 0 Å². The van der Waals surface area contributed by atoms with E-state index in [1.165, 1.54) is 12.1 Å². The van der Waals surface area contributed by atoms with Crippen LogP contribution in [0.2, 0.25) is 0 Å². The normalized spacial score (nSPS) is 13.9. The number of carbonyl (C=O) groups is 1. The minimum Gasteiger partial charge on any atom is -0.386 e. The van der Waals surface area contributed by atoms with Crippen LogP contribution in [0.15, 0.2) is 54.6 Å². The highest BCUT2D eigenvalue weighted by atomic mass is 19.4. The molecule has 2 atom stereocenters. The molecule has 0 spiro atoms. The van der Waals surface area contributed by atoms with E-state index < -0.39 is 23.9 Å². The number of rotatable bonds is 7. The van der Waals surface area contributed by atoms with Gasteiger partial charge >= 0.3 is 6.18 Å². The topological polar surface area (TPSA) is 49.3 Å². The summed E-state index contributed by atoms with van der Waals surface area (Å²) >= 11 is 0. The van der Waals surface area contributed by atoms with Crippen LogP contribution in [0.1, 0.15) is 53.8 Å². The molecule has 0 aliphatic rings. The predicted octanol–water partition coefficient (Wildman–Crippen LogP) is 4.73. The lowest BCUT2D eigenvalue weighted by Gasteiger charge is -2.25. The number of aliphatic hydroxyl groups is 1. The number of carbonyl (C=O) groups excluding carboxylic acids is 1. The van der Waals surface area contributed by atoms with Crippen LogP contribution in [0.25, 0.3) is 0 Å². The van der Waals surface area contributed by atoms with Gasteiger partial charge in [0.15, 0.2) is 0 Å². The standard InChI is InChI=1S/C20H22F3NO2/c1-2-3-9-17(24-19(26)15-7-5-4-6-8-15)18(25)14-10-12-16(13-11-14)20(21,22)23/h4-8,10-13,17-18,25H,2-3,9H2,1H3,(H,24,26)/t17-,18+/m0/s1. The minimum atomic E-state index is -4.42. The number of hydrogen-bond acceptors (Lipinski definition) is 2. The van der Waals surface area contributed by atoms with Gasteiger partial charge in [0.1, 0.15) is 0 Å². The summed E-state index contributed by atoms with van der Waals surface area (Å²) in [6.45, 7) is 1.99. The van der Waals surface area contributed by atoms with Gasteiger partial charge in [0.2, 0.25) is 0 Å². The Morgan fingerprint density at radius 3 is 2.23 bits per heavy atom. The third-order valence-corrected chi connectivity index (χ3v) is 4.18. The maximum Gasteiger partial charge on any atom is 0.416 e. The van der Waals surface area contributed by atoms with Crippen molar-refractivity contribution in [3.05, 3.63) is 71.3 Å². The van der Waals surface area contributed by atoms with Gasteiger partial charge in [0.05, 0.1) is 17.7 Å². The highest BCUT2D eigenvalue weighted by Gasteiger charge is 2.31. The number of amides is 1. The molecule has 6 heteroatoms. The van der Waals surface area contributed by atoms with Crippen LogP contribution in [-0.4, -0.2) is 17.1 Å². The molecule has 0 radical (unpaired) electrons. The largest absolute Gasteiger partial charge is 0.416 e. The second-order valence-corrected chi connectivity index (χ2v) is 6.15. The van der Waals surface area contributed by atoms with Crippen molar-refractivity contribution in [2.75, 3.05) is 0 Å². The van der Waals surface area contributed by atoms with Crippen molar-refractivity contribution >= 4 is 5.91 Å². The fraction of sp³-hybridized carbons (Fsp3) is 0.350. The maximum atomic E-state index is 12.7. The monoisotopic (exact) mass is 365 g/mol. The van der Waals surface area contributed by atoms with E-state index in [4.69, 9.17) is 0 Å². The van der Waals surface area contributed by atoms with Crippen LogP contribution in [-0.2, 0) is 6.18 Å². The van der Waals surface area contributed by atoms with E-state index in [9.17, 15) is 23.1 Å². The molecule has 0 heterocycles. The Bertz CT molecular complexity index is 699. The third kappa shape index (κ3) is 5.33. The van der Waals surface area contributed by atoms with Crippen molar-refractivity contribution in [3.8, 4) is 0 Å². The molecule has 0 saturated heterocycles. The van der Waals surface area contributed by atoms with Crippen molar-refractivity contribution in [2.45, 2.75) is 44.5 Å². The Hall–Kier alpha value is -2.34. The van der Waals surface area contributed by atoms with E-state index in [1.807, 2.05) is 6.92 Å². The molecule has 0 aromatic heterocycles. The Morgan fingerprint density at radius 2 is 1.69 bits per heavy atom. The van der Waals surface area contributed by atoms with Crippen LogP contribution in [0, 0.1) is 0 Å². The van der Waals surface area contributed by atoms with Crippen LogP contribution >= 0.6 is 0 Å². The van der Waals surface area contributed by atoms with Gasteiger partial charge in [-0.05, 0) is 36.2 Å². The lowest BCUT2D eigenvalue weighted by molar-refractivity contribution is -0.137. The van der Waals surface area contributed by atoms with E-state index >= 15 is 0 Å². The molecule has 2 aromatic rings. The van der Waals surface area contributed by atoms with Crippen LogP contribution in [0.4, 0.5) is 13.2 Å². The number of benzene rings is 2. The molecule has 0 aliphatic carbocycles. The van der Waals surface area contributed by atoms with Crippen molar-refractivity contribution < 1.29 is 23.1 Å². The quantitative estimate of drug-likeness (QED) is 0.745. The van der Waals surface area contributed by atoms with E-state index in [-0.39, 0.29) is 5.91 Å². The summed E-state index contributed by atoms with van der Waals surface area (Å²) in [5.41, 5.74) is 0.0351. The van der Waals surface area contributed by atoms with Gasteiger partial charge in [0, 0.05) is 5.56 Å². The summed E-state index contributed by atoms with van der Waals surface area (Å²) in [7, 11) is 0. The molecule has 2 rings (SSSR count). The first-order valence-corrected chi connectivity index (χ1v) is 8.54. The molecule has 0 fully saturated rings. The summed E-state index contributed by atoms with van der Waals surface area (Å²) in [5.74, 6) is -0.322. The van der Waals surface area contributed by atoms with Crippen LogP contribution in [0.5, 0.6) is 0 Å². The Morgan fingerprint density at radius 1 is 1.08 bits per heavy atom. The summed E-state index contributed by atoms with van der Waals surface area (Å²) in [5, 5.41) is 13.4. The number of unbranched alkanes of at least 4 members (excludes halogenated alkanes) is 1. The molecular formula is C20H22F3NO2. The molecule has 0 aliphatic heterocycles. The van der Waals surface area contributed by atoms with Crippen LogP contribution < -0.4 is 5.32 Å².